The first-order valence-electron chi connectivity index (χ1n) is 7.83. The average Bonchev–Trinajstić information content (AvgIpc) is 2.97. The van der Waals surface area contributed by atoms with E-state index in [0.717, 1.165) is 18.4 Å². The smallest absolute Gasteiger partial charge is 0.255 e. The number of nitrogens with zero attached hydrogens (tertiary/aromatic N) is 1. The van der Waals surface area contributed by atoms with Gasteiger partial charge in [0, 0.05) is 6.54 Å². The van der Waals surface area contributed by atoms with Crippen LogP contribution in [0.1, 0.15) is 44.6 Å². The average molecular weight is 313 g/mol. The van der Waals surface area contributed by atoms with Crippen molar-refractivity contribution in [1.29, 1.82) is 0 Å². The number of carbonyl (C=O) groups is 1. The number of rotatable bonds is 6. The molecule has 1 aliphatic rings. The van der Waals surface area contributed by atoms with Gasteiger partial charge in [-0.3, -0.25) is 4.79 Å². The van der Waals surface area contributed by atoms with Crippen molar-refractivity contribution >= 4 is 5.91 Å². The van der Waals surface area contributed by atoms with Crippen LogP contribution in [0.15, 0.2) is 24.3 Å². The van der Waals surface area contributed by atoms with Crippen molar-refractivity contribution in [3.8, 4) is 0 Å². The van der Waals surface area contributed by atoms with E-state index >= 15 is 0 Å². The molecule has 1 aromatic carbocycles. The van der Waals surface area contributed by atoms with E-state index < -0.39 is 18.4 Å². The predicted octanol–water partition coefficient (Wildman–Crippen LogP) is 4.14. The molecule has 0 radical (unpaired) electrons. The van der Waals surface area contributed by atoms with E-state index in [4.69, 9.17) is 0 Å². The summed E-state index contributed by atoms with van der Waals surface area (Å²) in [7, 11) is 0. The van der Waals surface area contributed by atoms with E-state index in [1.807, 2.05) is 6.92 Å². The van der Waals surface area contributed by atoms with Crippen molar-refractivity contribution in [2.24, 2.45) is 0 Å². The quantitative estimate of drug-likeness (QED) is 0.773. The number of benzene rings is 1. The molecule has 0 saturated heterocycles. The van der Waals surface area contributed by atoms with Gasteiger partial charge in [0.15, 0.2) is 0 Å². The first-order chi connectivity index (χ1) is 10.5. The number of alkyl halides is 2. The zero-order valence-electron chi connectivity index (χ0n) is 12.8. The van der Waals surface area contributed by atoms with Gasteiger partial charge in [0.1, 0.15) is 5.82 Å². The number of halogens is 3. The lowest BCUT2D eigenvalue weighted by atomic mass is 9.77. The van der Waals surface area contributed by atoms with Gasteiger partial charge in [-0.1, -0.05) is 31.9 Å². The van der Waals surface area contributed by atoms with Crippen molar-refractivity contribution in [3.05, 3.63) is 35.6 Å². The summed E-state index contributed by atoms with van der Waals surface area (Å²) in [6.07, 6.45) is 1.15. The van der Waals surface area contributed by atoms with E-state index in [1.54, 1.807) is 12.1 Å². The highest BCUT2D eigenvalue weighted by Crippen LogP contribution is 2.42. The molecule has 0 N–H and O–H groups in total. The maximum absolute atomic E-state index is 13.2. The molecule has 5 heteroatoms. The van der Waals surface area contributed by atoms with Crippen molar-refractivity contribution in [2.75, 3.05) is 13.1 Å². The third-order valence-electron chi connectivity index (χ3n) is 4.40. The second-order valence-electron chi connectivity index (χ2n) is 5.94. The van der Waals surface area contributed by atoms with Crippen LogP contribution in [-0.2, 0) is 10.2 Å². The number of carbonyl (C=O) groups excluding carboxylic acids is 1. The number of hydrogen-bond donors (Lipinski definition) is 0. The Morgan fingerprint density at radius 2 is 1.82 bits per heavy atom. The number of hydrogen-bond acceptors (Lipinski definition) is 1. The van der Waals surface area contributed by atoms with Gasteiger partial charge in [-0.15, -0.1) is 0 Å². The molecule has 0 bridgehead atoms. The van der Waals surface area contributed by atoms with Crippen molar-refractivity contribution in [1.82, 2.24) is 4.90 Å². The lowest BCUT2D eigenvalue weighted by Crippen LogP contribution is -2.47. The molecule has 122 valence electrons. The van der Waals surface area contributed by atoms with Crippen LogP contribution in [0.2, 0.25) is 0 Å². The van der Waals surface area contributed by atoms with Gasteiger partial charge < -0.3 is 4.90 Å². The highest BCUT2D eigenvalue weighted by Gasteiger charge is 2.45. The molecule has 2 rings (SSSR count). The molecular weight excluding hydrogens is 291 g/mol. The SMILES string of the molecule is CCCN(CC(F)F)C(=O)C1(c2ccc(F)cc2)CCCC1. The van der Waals surface area contributed by atoms with Crippen molar-refractivity contribution < 1.29 is 18.0 Å². The Bertz CT molecular complexity index is 495. The summed E-state index contributed by atoms with van der Waals surface area (Å²) >= 11 is 0. The lowest BCUT2D eigenvalue weighted by Gasteiger charge is -2.34. The maximum atomic E-state index is 13.2. The molecule has 0 atom stereocenters. The monoisotopic (exact) mass is 313 g/mol. The minimum Gasteiger partial charge on any atom is -0.336 e. The molecule has 2 nitrogen and oxygen atoms in total. The third kappa shape index (κ3) is 3.45. The summed E-state index contributed by atoms with van der Waals surface area (Å²) in [6.45, 7) is 1.66. The summed E-state index contributed by atoms with van der Waals surface area (Å²) < 4.78 is 38.7. The third-order valence-corrected chi connectivity index (χ3v) is 4.40. The first-order valence-corrected chi connectivity index (χ1v) is 7.83. The fraction of sp³-hybridized carbons (Fsp3) is 0.588. The highest BCUT2D eigenvalue weighted by atomic mass is 19.3. The van der Waals surface area contributed by atoms with Crippen LogP contribution in [-0.4, -0.2) is 30.3 Å². The van der Waals surface area contributed by atoms with Crippen LogP contribution in [0.4, 0.5) is 13.2 Å². The van der Waals surface area contributed by atoms with Crippen LogP contribution in [0.25, 0.3) is 0 Å². The molecular formula is C17H22F3NO. The van der Waals surface area contributed by atoms with Gasteiger partial charge in [0.25, 0.3) is 6.43 Å². The van der Waals surface area contributed by atoms with Crippen LogP contribution in [0.3, 0.4) is 0 Å². The minimum atomic E-state index is -2.54. The minimum absolute atomic E-state index is 0.237. The molecule has 0 unspecified atom stereocenters. The van der Waals surface area contributed by atoms with Gasteiger partial charge in [0.2, 0.25) is 5.91 Å². The van der Waals surface area contributed by atoms with Gasteiger partial charge in [-0.05, 0) is 37.0 Å². The Kier molecular flexibility index (Phi) is 5.48. The van der Waals surface area contributed by atoms with Gasteiger partial charge in [-0.2, -0.15) is 0 Å². The Morgan fingerprint density at radius 3 is 2.32 bits per heavy atom. The molecule has 1 aromatic rings. The van der Waals surface area contributed by atoms with Crippen LogP contribution >= 0.6 is 0 Å². The van der Waals surface area contributed by atoms with E-state index in [-0.39, 0.29) is 11.7 Å². The topological polar surface area (TPSA) is 20.3 Å². The van der Waals surface area contributed by atoms with Gasteiger partial charge >= 0.3 is 0 Å². The normalized spacial score (nSPS) is 17.0. The standard InChI is InChI=1S/C17H22F3NO/c1-2-11-21(12-15(19)20)16(22)17(9-3-4-10-17)13-5-7-14(18)8-6-13/h5-8,15H,2-4,9-12H2,1H3. The molecule has 1 aliphatic carbocycles. The Hall–Kier alpha value is -1.52. The molecule has 1 amide bonds. The van der Waals surface area contributed by atoms with Crippen LogP contribution in [0.5, 0.6) is 0 Å². The molecule has 0 aliphatic heterocycles. The molecule has 1 saturated carbocycles. The summed E-state index contributed by atoms with van der Waals surface area (Å²) in [4.78, 5) is 14.3. The van der Waals surface area contributed by atoms with E-state index in [2.05, 4.69) is 0 Å². The van der Waals surface area contributed by atoms with E-state index in [1.165, 1.54) is 17.0 Å². The van der Waals surface area contributed by atoms with Crippen LogP contribution in [0, 0.1) is 5.82 Å². The first kappa shape index (κ1) is 16.8. The molecule has 0 spiro atoms. The number of amides is 1. The summed E-state index contributed by atoms with van der Waals surface area (Å²) in [5.74, 6) is -0.596. The molecule has 0 heterocycles. The van der Waals surface area contributed by atoms with Gasteiger partial charge in [0.05, 0.1) is 12.0 Å². The van der Waals surface area contributed by atoms with E-state index in [0.29, 0.717) is 25.8 Å². The van der Waals surface area contributed by atoms with Crippen molar-refractivity contribution in [2.45, 2.75) is 50.9 Å². The van der Waals surface area contributed by atoms with Crippen LogP contribution < -0.4 is 0 Å². The fourth-order valence-corrected chi connectivity index (χ4v) is 3.39. The summed E-state index contributed by atoms with van der Waals surface area (Å²) in [5, 5.41) is 0. The Morgan fingerprint density at radius 1 is 1.23 bits per heavy atom. The molecule has 1 fully saturated rings. The summed E-state index contributed by atoms with van der Waals surface area (Å²) in [6, 6.07) is 5.90. The Balaban J connectivity index is 2.32. The highest BCUT2D eigenvalue weighted by molar-refractivity contribution is 5.88. The molecule has 0 aromatic heterocycles. The predicted molar refractivity (Wildman–Crippen MR) is 79.4 cm³/mol. The maximum Gasteiger partial charge on any atom is 0.255 e. The lowest BCUT2D eigenvalue weighted by molar-refractivity contribution is -0.139. The zero-order chi connectivity index (χ0) is 16.2. The second kappa shape index (κ2) is 7.16. The Labute approximate surface area is 129 Å². The van der Waals surface area contributed by atoms with E-state index in [9.17, 15) is 18.0 Å². The fourth-order valence-electron chi connectivity index (χ4n) is 3.39. The zero-order valence-corrected chi connectivity index (χ0v) is 12.8. The van der Waals surface area contributed by atoms with Crippen molar-refractivity contribution in [3.63, 3.8) is 0 Å². The second-order valence-corrected chi connectivity index (χ2v) is 5.94. The summed E-state index contributed by atoms with van der Waals surface area (Å²) in [5.41, 5.74) is -0.0237. The van der Waals surface area contributed by atoms with Gasteiger partial charge in [-0.25, -0.2) is 13.2 Å². The molecule has 22 heavy (non-hydrogen) atoms. The largest absolute Gasteiger partial charge is 0.336 e.